The first-order valence-corrected chi connectivity index (χ1v) is 16.1. The van der Waals surface area contributed by atoms with E-state index in [2.05, 4.69) is 5.32 Å². The monoisotopic (exact) mass is 680 g/mol. The van der Waals surface area contributed by atoms with Crippen LogP contribution in [-0.2, 0) is 0 Å². The molecule has 5 rings (SSSR count). The summed E-state index contributed by atoms with van der Waals surface area (Å²) < 4.78 is 17.1. The summed E-state index contributed by atoms with van der Waals surface area (Å²) in [6.45, 7) is 0.122. The highest BCUT2D eigenvalue weighted by molar-refractivity contribution is 5.94. The lowest BCUT2D eigenvalue weighted by atomic mass is 9.76. The van der Waals surface area contributed by atoms with Crippen LogP contribution in [0, 0.1) is 5.92 Å². The number of amides is 4. The van der Waals surface area contributed by atoms with Crippen LogP contribution in [0.1, 0.15) is 29.6 Å². The Morgan fingerprint density at radius 3 is 1.64 bits per heavy atom. The summed E-state index contributed by atoms with van der Waals surface area (Å²) in [5, 5.41) is 12.8. The van der Waals surface area contributed by atoms with Crippen molar-refractivity contribution in [3.8, 4) is 23.0 Å². The fraction of sp³-hybridized carbons (Fsp3) is 0.263. The maximum Gasteiger partial charge on any atom is 0.416 e. The Kier molecular flexibility index (Phi) is 11.2. The molecule has 1 aliphatic carbocycles. The maximum absolute atomic E-state index is 13.9. The van der Waals surface area contributed by atoms with E-state index in [9.17, 15) is 24.3 Å². The molecule has 1 saturated carbocycles. The summed E-state index contributed by atoms with van der Waals surface area (Å²) in [5.74, 6) is 0.123. The van der Waals surface area contributed by atoms with Gasteiger partial charge in [-0.15, -0.1) is 0 Å². The molecule has 0 heterocycles. The fourth-order valence-corrected chi connectivity index (χ4v) is 6.15. The van der Waals surface area contributed by atoms with Crippen molar-refractivity contribution in [1.82, 2.24) is 20.0 Å². The average molecular weight is 681 g/mol. The minimum absolute atomic E-state index is 0.0509. The van der Waals surface area contributed by atoms with Gasteiger partial charge in [-0.25, -0.2) is 14.4 Å². The topological polar surface area (TPSA) is 138 Å². The Bertz CT molecular complexity index is 1710. The third kappa shape index (κ3) is 8.51. The van der Waals surface area contributed by atoms with E-state index in [1.54, 1.807) is 110 Å². The molecule has 4 amide bonds. The molecule has 0 spiro atoms. The molecule has 1 aliphatic rings. The zero-order valence-electron chi connectivity index (χ0n) is 28.1. The van der Waals surface area contributed by atoms with Crippen LogP contribution < -0.4 is 19.5 Å². The lowest BCUT2D eigenvalue weighted by Gasteiger charge is -2.53. The van der Waals surface area contributed by atoms with E-state index in [1.807, 2.05) is 0 Å². The number of nitrogens with zero attached hydrogens (tertiary/aromatic N) is 3. The number of benzene rings is 4. The molecule has 2 atom stereocenters. The van der Waals surface area contributed by atoms with Crippen molar-refractivity contribution >= 4 is 24.2 Å². The number of phenols is 1. The summed E-state index contributed by atoms with van der Waals surface area (Å²) in [7, 11) is 4.66. The second-order valence-corrected chi connectivity index (χ2v) is 12.2. The van der Waals surface area contributed by atoms with E-state index in [0.717, 1.165) is 0 Å². The van der Waals surface area contributed by atoms with Crippen molar-refractivity contribution < 1.29 is 38.5 Å². The molecule has 260 valence electrons. The Morgan fingerprint density at radius 1 is 0.680 bits per heavy atom. The number of para-hydroxylation sites is 3. The van der Waals surface area contributed by atoms with Gasteiger partial charge >= 0.3 is 18.3 Å². The van der Waals surface area contributed by atoms with Gasteiger partial charge in [0.2, 0.25) is 0 Å². The highest BCUT2D eigenvalue weighted by atomic mass is 16.6. The average Bonchev–Trinajstić information content (AvgIpc) is 3.13. The van der Waals surface area contributed by atoms with Crippen molar-refractivity contribution in [3.63, 3.8) is 0 Å². The van der Waals surface area contributed by atoms with Crippen LogP contribution in [0.25, 0.3) is 0 Å². The molecule has 0 radical (unpaired) electrons. The van der Waals surface area contributed by atoms with Crippen molar-refractivity contribution in [1.29, 1.82) is 0 Å². The summed E-state index contributed by atoms with van der Waals surface area (Å²) in [5.41, 5.74) is -1.15. The molecule has 0 saturated heterocycles. The Hall–Kier alpha value is -6.04. The summed E-state index contributed by atoms with van der Waals surface area (Å²) in [4.78, 5) is 58.5. The fourth-order valence-electron chi connectivity index (χ4n) is 6.15. The maximum atomic E-state index is 13.9. The molecule has 4 aromatic carbocycles. The van der Waals surface area contributed by atoms with Crippen molar-refractivity contribution in [2.24, 2.45) is 5.92 Å². The molecule has 2 N–H and O–H groups in total. The quantitative estimate of drug-likeness (QED) is 0.194. The van der Waals surface area contributed by atoms with E-state index in [1.165, 1.54) is 40.9 Å². The van der Waals surface area contributed by atoms with Gasteiger partial charge in [0.1, 0.15) is 28.7 Å². The standard InChI is InChI=1S/C38H40N4O8/c1-40(35(45)48-31-16-7-4-8-17-31)29-22-27(26-39-34(44)28-14-13-15-30(43)23-28)24-38(25-29,41(2)36(46)49-32-18-9-5-10-19-32)42(3)37(47)50-33-20-11-6-12-21-33/h4-21,23,27,29,43H,22,24-26H2,1-3H3,(H,39,44). The Labute approximate surface area is 290 Å². The third-order valence-electron chi connectivity index (χ3n) is 8.92. The van der Waals surface area contributed by atoms with E-state index < -0.39 is 35.9 Å². The van der Waals surface area contributed by atoms with Crippen LogP contribution >= 0.6 is 0 Å². The van der Waals surface area contributed by atoms with Gasteiger partial charge in [0.15, 0.2) is 0 Å². The van der Waals surface area contributed by atoms with Crippen molar-refractivity contribution in [2.75, 3.05) is 27.7 Å². The molecule has 0 bridgehead atoms. The zero-order chi connectivity index (χ0) is 35.7. The van der Waals surface area contributed by atoms with Gasteiger partial charge in [0.05, 0.1) is 0 Å². The Balaban J connectivity index is 1.49. The Morgan fingerprint density at radius 2 is 1.16 bits per heavy atom. The molecule has 0 aromatic heterocycles. The van der Waals surface area contributed by atoms with Crippen LogP contribution in [0.4, 0.5) is 14.4 Å². The number of hydrogen-bond acceptors (Lipinski definition) is 8. The number of rotatable bonds is 9. The normalized spacial score (nSPS) is 16.3. The van der Waals surface area contributed by atoms with E-state index in [0.29, 0.717) is 23.7 Å². The summed E-state index contributed by atoms with van der Waals surface area (Å²) in [6.07, 6.45) is -1.44. The molecule has 4 aromatic rings. The van der Waals surface area contributed by atoms with Crippen molar-refractivity contribution in [2.45, 2.75) is 31.0 Å². The van der Waals surface area contributed by atoms with E-state index >= 15 is 0 Å². The minimum Gasteiger partial charge on any atom is -0.508 e. The lowest BCUT2D eigenvalue weighted by Crippen LogP contribution is -2.67. The summed E-state index contributed by atoms with van der Waals surface area (Å²) in [6, 6.07) is 31.1. The first kappa shape index (κ1) is 35.3. The number of carbonyl (C=O) groups excluding carboxylic acids is 4. The highest BCUT2D eigenvalue weighted by Crippen LogP contribution is 2.41. The first-order valence-electron chi connectivity index (χ1n) is 16.1. The van der Waals surface area contributed by atoms with Crippen LogP contribution in [-0.4, -0.2) is 83.4 Å². The van der Waals surface area contributed by atoms with Gasteiger partial charge in [-0.1, -0.05) is 60.7 Å². The van der Waals surface area contributed by atoms with Crippen LogP contribution in [0.3, 0.4) is 0 Å². The second kappa shape index (κ2) is 15.9. The number of phenolic OH excluding ortho intramolecular Hbond substituents is 1. The minimum atomic E-state index is -1.41. The highest BCUT2D eigenvalue weighted by Gasteiger charge is 2.52. The number of carbonyl (C=O) groups is 4. The predicted molar refractivity (Wildman–Crippen MR) is 185 cm³/mol. The molecule has 50 heavy (non-hydrogen) atoms. The van der Waals surface area contributed by atoms with Crippen molar-refractivity contribution in [3.05, 3.63) is 121 Å². The third-order valence-corrected chi connectivity index (χ3v) is 8.92. The number of nitrogens with one attached hydrogen (secondary N) is 1. The number of hydrogen-bond donors (Lipinski definition) is 2. The van der Waals surface area contributed by atoms with E-state index in [4.69, 9.17) is 14.2 Å². The number of ether oxygens (including phenoxy) is 3. The molecule has 12 heteroatoms. The van der Waals surface area contributed by atoms with Gasteiger partial charge in [-0.3, -0.25) is 14.6 Å². The molecule has 0 aliphatic heterocycles. The molecule has 2 unspecified atom stereocenters. The summed E-state index contributed by atoms with van der Waals surface area (Å²) >= 11 is 0. The van der Waals surface area contributed by atoms with Gasteiger partial charge in [0, 0.05) is 45.7 Å². The molecule has 1 fully saturated rings. The van der Waals surface area contributed by atoms with Gasteiger partial charge in [0.25, 0.3) is 5.91 Å². The van der Waals surface area contributed by atoms with Crippen LogP contribution in [0.5, 0.6) is 23.0 Å². The molecular weight excluding hydrogens is 640 g/mol. The molecular formula is C38H40N4O8. The van der Waals surface area contributed by atoms with Gasteiger partial charge < -0.3 is 29.5 Å². The zero-order valence-corrected chi connectivity index (χ0v) is 28.1. The largest absolute Gasteiger partial charge is 0.508 e. The first-order chi connectivity index (χ1) is 24.1. The lowest BCUT2D eigenvalue weighted by molar-refractivity contribution is -0.0624. The SMILES string of the molecule is CN(C(=O)Oc1ccccc1)C1CC(CNC(=O)c2cccc(O)c2)CC(N(C)C(=O)Oc2ccccc2)(N(C)C(=O)Oc2ccccc2)C1. The second-order valence-electron chi connectivity index (χ2n) is 12.2. The predicted octanol–water partition coefficient (Wildman–Crippen LogP) is 6.38. The van der Waals surface area contributed by atoms with Gasteiger partial charge in [-0.05, 0) is 73.4 Å². The van der Waals surface area contributed by atoms with Crippen LogP contribution in [0.2, 0.25) is 0 Å². The smallest absolute Gasteiger partial charge is 0.416 e. The van der Waals surface area contributed by atoms with Crippen LogP contribution in [0.15, 0.2) is 115 Å². The van der Waals surface area contributed by atoms with Gasteiger partial charge in [-0.2, -0.15) is 0 Å². The number of aromatic hydroxyl groups is 1. The van der Waals surface area contributed by atoms with E-state index in [-0.39, 0.29) is 36.6 Å². The molecule has 12 nitrogen and oxygen atoms in total.